The first-order chi connectivity index (χ1) is 24.7. The van der Waals surface area contributed by atoms with Gasteiger partial charge in [0.25, 0.3) is 0 Å². The first-order valence-corrected chi connectivity index (χ1v) is 23.8. The molecule has 4 rings (SSSR count). The van der Waals surface area contributed by atoms with Crippen LogP contribution in [-0.4, -0.2) is 56.0 Å². The summed E-state index contributed by atoms with van der Waals surface area (Å²) in [5, 5.41) is 19.5. The van der Waals surface area contributed by atoms with Gasteiger partial charge in [0, 0.05) is 6.04 Å². The number of rotatable bonds is 24. The van der Waals surface area contributed by atoms with Gasteiger partial charge in [-0.3, -0.25) is 4.55 Å². The third-order valence-corrected chi connectivity index (χ3v) is 15.9. The molecule has 4 saturated carbocycles. The second-order valence-electron chi connectivity index (χ2n) is 19.8. The molecular weight excluding hydrogens is 669 g/mol. The highest BCUT2D eigenvalue weighted by Crippen LogP contribution is 2.68. The minimum absolute atomic E-state index is 0.0169. The summed E-state index contributed by atoms with van der Waals surface area (Å²) >= 11 is 0. The van der Waals surface area contributed by atoms with Crippen LogP contribution >= 0.6 is 0 Å². The summed E-state index contributed by atoms with van der Waals surface area (Å²) in [6.45, 7) is 19.4. The summed E-state index contributed by atoms with van der Waals surface area (Å²) in [7, 11) is -4.46. The van der Waals surface area contributed by atoms with Crippen molar-refractivity contribution in [2.24, 2.45) is 58.2 Å². The van der Waals surface area contributed by atoms with Crippen molar-refractivity contribution in [3.05, 3.63) is 0 Å². The van der Waals surface area contributed by atoms with E-state index in [4.69, 9.17) is 4.18 Å². The minimum Gasteiger partial charge on any atom is -0.393 e. The van der Waals surface area contributed by atoms with Crippen LogP contribution in [0.25, 0.3) is 0 Å². The summed E-state index contributed by atoms with van der Waals surface area (Å²) in [6, 6.07) is 0.585. The van der Waals surface area contributed by atoms with Crippen LogP contribution in [0.1, 0.15) is 183 Å². The van der Waals surface area contributed by atoms with Crippen LogP contribution in [0.3, 0.4) is 0 Å². The van der Waals surface area contributed by atoms with Gasteiger partial charge < -0.3 is 15.7 Å². The smallest absolute Gasteiger partial charge is 0.393 e. The van der Waals surface area contributed by atoms with Gasteiger partial charge in [0.15, 0.2) is 0 Å². The van der Waals surface area contributed by atoms with Crippen LogP contribution in [0, 0.1) is 58.2 Å². The third kappa shape index (κ3) is 12.4. The van der Waals surface area contributed by atoms with Crippen LogP contribution in [0.5, 0.6) is 0 Å². The molecule has 0 aromatic heterocycles. The van der Waals surface area contributed by atoms with Crippen molar-refractivity contribution in [3.63, 3.8) is 0 Å². The molecule has 4 aliphatic carbocycles. The van der Waals surface area contributed by atoms with E-state index in [1.165, 1.54) is 116 Å². The molecule has 0 saturated heterocycles. The molecule has 0 amide bonds. The maximum atomic E-state index is 11.9. The second kappa shape index (κ2) is 20.8. The molecule has 0 heterocycles. The Morgan fingerprint density at radius 2 is 1.33 bits per heavy atom. The Balaban J connectivity index is 1.13. The molecule has 306 valence electrons. The van der Waals surface area contributed by atoms with E-state index in [0.717, 1.165) is 38.4 Å². The molecule has 0 aromatic carbocycles. The summed E-state index contributed by atoms with van der Waals surface area (Å²) in [4.78, 5) is 0. The van der Waals surface area contributed by atoms with E-state index in [9.17, 15) is 18.1 Å². The van der Waals surface area contributed by atoms with Crippen molar-refractivity contribution < 1.29 is 22.3 Å². The fourth-order valence-electron chi connectivity index (χ4n) is 12.3. The molecule has 52 heavy (non-hydrogen) atoms. The Labute approximate surface area is 321 Å². The lowest BCUT2D eigenvalue weighted by Crippen LogP contribution is -2.59. The number of unbranched alkanes of at least 4 members (excludes halogenated alkanes) is 8. The lowest BCUT2D eigenvalue weighted by molar-refractivity contribution is -0.167. The molecule has 4 N–H and O–H groups in total. The number of aliphatic hydroxyl groups is 1. The maximum Gasteiger partial charge on any atom is 0.397 e. The maximum absolute atomic E-state index is 11.9. The summed E-state index contributed by atoms with van der Waals surface area (Å²) < 4.78 is 37.3. The Bertz CT molecular complexity index is 1130. The zero-order valence-electron chi connectivity index (χ0n) is 34.8. The van der Waals surface area contributed by atoms with Crippen molar-refractivity contribution >= 4 is 10.4 Å². The standard InChI is InChI=1S/C44H84N2O5S/c1-32(2)18-15-13-11-9-8-10-12-14-16-27-45-28-17-29-46-36-23-25-43(6)35(30-36)31-40(47)42-38-21-20-37(44(38,7)26-24-39(42)43)34(5)19-22-41(33(3)4)51-52(48,49)50/h32-42,45-47H,8-31H2,1-7H3,(H,48,49,50)/t34-,35+,36+,37-,38?,39?,40+,41-,42?,43+,44-/m1/s1. The largest absolute Gasteiger partial charge is 0.397 e. The highest BCUT2D eigenvalue weighted by atomic mass is 32.3. The lowest BCUT2D eigenvalue weighted by Gasteiger charge is -2.62. The average molecular weight is 753 g/mol. The summed E-state index contributed by atoms with van der Waals surface area (Å²) in [5.41, 5.74) is 0.556. The number of hydrogen-bond donors (Lipinski definition) is 4. The van der Waals surface area contributed by atoms with Crippen molar-refractivity contribution in [1.82, 2.24) is 10.6 Å². The van der Waals surface area contributed by atoms with Crippen LogP contribution in [0.2, 0.25) is 0 Å². The fourth-order valence-corrected chi connectivity index (χ4v) is 13.0. The molecule has 0 bridgehead atoms. The monoisotopic (exact) mass is 753 g/mol. The Kier molecular flexibility index (Phi) is 17.8. The molecule has 4 fully saturated rings. The van der Waals surface area contributed by atoms with Gasteiger partial charge in [0.1, 0.15) is 0 Å². The van der Waals surface area contributed by atoms with Gasteiger partial charge in [-0.2, -0.15) is 8.42 Å². The van der Waals surface area contributed by atoms with Crippen LogP contribution in [-0.2, 0) is 14.6 Å². The van der Waals surface area contributed by atoms with Crippen molar-refractivity contribution in [1.29, 1.82) is 0 Å². The molecule has 8 heteroatoms. The number of aliphatic hydroxyl groups excluding tert-OH is 1. The van der Waals surface area contributed by atoms with E-state index >= 15 is 0 Å². The average Bonchev–Trinajstić information content (AvgIpc) is 3.43. The highest BCUT2D eigenvalue weighted by molar-refractivity contribution is 7.80. The van der Waals surface area contributed by atoms with Crippen LogP contribution in [0.15, 0.2) is 0 Å². The molecule has 0 spiro atoms. The molecule has 11 atom stereocenters. The van der Waals surface area contributed by atoms with Crippen molar-refractivity contribution in [3.8, 4) is 0 Å². The highest BCUT2D eigenvalue weighted by Gasteiger charge is 2.62. The Hall–Kier alpha value is -0.250. The zero-order chi connectivity index (χ0) is 37.9. The first-order valence-electron chi connectivity index (χ1n) is 22.4. The molecule has 7 nitrogen and oxygen atoms in total. The second-order valence-corrected chi connectivity index (χ2v) is 20.8. The SMILES string of the molecule is CC(C)CCCCCCCCCCCNCCCN[C@H]1CC[C@]2(C)C3CC[C@@]4(C)C(CC[C@@H]4[C@H](C)CC[C@@H](OS(=O)(=O)O)C(C)C)C3[C@@H](O)C[C@@H]2C1. The molecule has 3 unspecified atom stereocenters. The van der Waals surface area contributed by atoms with Crippen LogP contribution in [0.4, 0.5) is 0 Å². The molecular formula is C44H84N2O5S. The van der Waals surface area contributed by atoms with Gasteiger partial charge in [0.2, 0.25) is 0 Å². The Morgan fingerprint density at radius 1 is 0.712 bits per heavy atom. The summed E-state index contributed by atoms with van der Waals surface area (Å²) in [5.74, 6) is 4.10. The number of nitrogens with one attached hydrogen (secondary N) is 2. The summed E-state index contributed by atoms with van der Waals surface area (Å²) in [6.07, 6.45) is 25.6. The Morgan fingerprint density at radius 3 is 1.98 bits per heavy atom. The molecule has 0 radical (unpaired) electrons. The molecule has 0 aromatic rings. The van der Waals surface area contributed by atoms with Crippen LogP contribution < -0.4 is 10.6 Å². The van der Waals surface area contributed by atoms with E-state index < -0.39 is 16.5 Å². The van der Waals surface area contributed by atoms with Gasteiger partial charge in [-0.15, -0.1) is 0 Å². The first kappa shape index (κ1) is 44.5. The van der Waals surface area contributed by atoms with Gasteiger partial charge in [-0.05, 0) is 155 Å². The van der Waals surface area contributed by atoms with E-state index in [1.54, 1.807) is 0 Å². The number of fused-ring (bicyclic) bond motifs is 5. The lowest BCUT2D eigenvalue weighted by atomic mass is 9.43. The van der Waals surface area contributed by atoms with Crippen molar-refractivity contribution in [2.75, 3.05) is 19.6 Å². The third-order valence-electron chi connectivity index (χ3n) is 15.4. The topological polar surface area (TPSA) is 108 Å². The molecule has 0 aliphatic heterocycles. The fraction of sp³-hybridized carbons (Fsp3) is 1.00. The molecule has 4 aliphatic rings. The minimum atomic E-state index is -4.46. The van der Waals surface area contributed by atoms with Gasteiger partial charge in [0.05, 0.1) is 12.2 Å². The van der Waals surface area contributed by atoms with E-state index in [1.807, 2.05) is 13.8 Å². The van der Waals surface area contributed by atoms with E-state index in [0.29, 0.717) is 53.4 Å². The zero-order valence-corrected chi connectivity index (χ0v) is 35.7. The quantitative estimate of drug-likeness (QED) is 0.0574. The van der Waals surface area contributed by atoms with Gasteiger partial charge in [-0.1, -0.05) is 106 Å². The van der Waals surface area contributed by atoms with Gasteiger partial charge >= 0.3 is 10.4 Å². The van der Waals surface area contributed by atoms with Crippen molar-refractivity contribution in [2.45, 2.75) is 202 Å². The van der Waals surface area contributed by atoms with E-state index in [2.05, 4.69) is 45.3 Å². The number of hydrogen-bond acceptors (Lipinski definition) is 6. The van der Waals surface area contributed by atoms with E-state index in [-0.39, 0.29) is 17.4 Å². The van der Waals surface area contributed by atoms with Gasteiger partial charge in [-0.25, -0.2) is 4.18 Å². The normalized spacial score (nSPS) is 34.6. The predicted octanol–water partition coefficient (Wildman–Crippen LogP) is 10.4. The predicted molar refractivity (Wildman–Crippen MR) is 217 cm³/mol.